The van der Waals surface area contributed by atoms with Gasteiger partial charge in [0, 0.05) is 6.54 Å². The van der Waals surface area contributed by atoms with Crippen molar-refractivity contribution in [2.24, 2.45) is 0 Å². The summed E-state index contributed by atoms with van der Waals surface area (Å²) in [6.07, 6.45) is 6.54. The lowest BCUT2D eigenvalue weighted by molar-refractivity contribution is 0.213. The van der Waals surface area contributed by atoms with Crippen LogP contribution in [0.25, 0.3) is 0 Å². The zero-order valence-corrected chi connectivity index (χ0v) is 11.5. The Hall–Kier alpha value is -1.02. The Morgan fingerprint density at radius 1 is 1.06 bits per heavy atom. The molecular formula is C16H25NO. The van der Waals surface area contributed by atoms with Crippen molar-refractivity contribution in [3.63, 3.8) is 0 Å². The molecule has 0 radical (unpaired) electrons. The van der Waals surface area contributed by atoms with Crippen LogP contribution < -0.4 is 4.74 Å². The molecule has 1 aromatic carbocycles. The summed E-state index contributed by atoms with van der Waals surface area (Å²) < 4.78 is 5.93. The summed E-state index contributed by atoms with van der Waals surface area (Å²) >= 11 is 0. The summed E-state index contributed by atoms with van der Waals surface area (Å²) in [7, 11) is 0. The normalized spacial score (nSPS) is 17.4. The quantitative estimate of drug-likeness (QED) is 0.789. The van der Waals surface area contributed by atoms with Crippen molar-refractivity contribution in [1.82, 2.24) is 4.90 Å². The van der Waals surface area contributed by atoms with Crippen LogP contribution in [0.2, 0.25) is 0 Å². The molecule has 0 bridgehead atoms. The molecule has 0 unspecified atom stereocenters. The number of benzene rings is 1. The molecule has 0 saturated carbocycles. The van der Waals surface area contributed by atoms with Gasteiger partial charge in [0.1, 0.15) is 12.4 Å². The molecule has 0 atom stereocenters. The highest BCUT2D eigenvalue weighted by molar-refractivity contribution is 5.33. The first kappa shape index (κ1) is 13.4. The first-order valence-corrected chi connectivity index (χ1v) is 7.33. The zero-order chi connectivity index (χ0) is 12.6. The van der Waals surface area contributed by atoms with Gasteiger partial charge in [-0.1, -0.05) is 38.0 Å². The Kier molecular flexibility index (Phi) is 5.53. The van der Waals surface area contributed by atoms with Crippen LogP contribution in [0.4, 0.5) is 0 Å². The van der Waals surface area contributed by atoms with Crippen LogP contribution in [-0.2, 0) is 6.42 Å². The standard InChI is InChI=1S/C16H25NO/c1-2-15-9-5-6-10-16(15)18-14-13-17-11-7-3-4-8-12-17/h5-6,9-10H,2-4,7-8,11-14H2,1H3. The van der Waals surface area contributed by atoms with E-state index in [0.717, 1.165) is 25.3 Å². The highest BCUT2D eigenvalue weighted by atomic mass is 16.5. The van der Waals surface area contributed by atoms with Gasteiger partial charge in [-0.2, -0.15) is 0 Å². The fourth-order valence-corrected chi connectivity index (χ4v) is 2.58. The summed E-state index contributed by atoms with van der Waals surface area (Å²) in [6, 6.07) is 8.38. The van der Waals surface area contributed by atoms with Gasteiger partial charge in [0.15, 0.2) is 0 Å². The minimum absolute atomic E-state index is 0.816. The van der Waals surface area contributed by atoms with E-state index in [0.29, 0.717) is 0 Å². The number of hydrogen-bond acceptors (Lipinski definition) is 2. The van der Waals surface area contributed by atoms with Crippen LogP contribution in [-0.4, -0.2) is 31.1 Å². The summed E-state index contributed by atoms with van der Waals surface area (Å²) in [5.41, 5.74) is 1.31. The van der Waals surface area contributed by atoms with Gasteiger partial charge in [0.2, 0.25) is 0 Å². The highest BCUT2D eigenvalue weighted by Crippen LogP contribution is 2.18. The highest BCUT2D eigenvalue weighted by Gasteiger charge is 2.09. The third-order valence-electron chi connectivity index (χ3n) is 3.72. The van der Waals surface area contributed by atoms with Crippen molar-refractivity contribution < 1.29 is 4.74 Å². The summed E-state index contributed by atoms with van der Waals surface area (Å²) in [6.45, 7) is 6.56. The minimum atomic E-state index is 0.816. The SMILES string of the molecule is CCc1ccccc1OCCN1CCCCCC1. The van der Waals surface area contributed by atoms with Crippen LogP contribution in [0.3, 0.4) is 0 Å². The van der Waals surface area contributed by atoms with Crippen LogP contribution in [0.5, 0.6) is 5.75 Å². The molecule has 100 valence electrons. The van der Waals surface area contributed by atoms with E-state index in [1.807, 2.05) is 0 Å². The molecule has 2 heteroatoms. The third-order valence-corrected chi connectivity index (χ3v) is 3.72. The predicted molar refractivity (Wildman–Crippen MR) is 76.2 cm³/mol. The monoisotopic (exact) mass is 247 g/mol. The molecule has 0 aliphatic carbocycles. The van der Waals surface area contributed by atoms with Gasteiger partial charge in [-0.3, -0.25) is 4.90 Å². The lowest BCUT2D eigenvalue weighted by Crippen LogP contribution is -2.29. The second kappa shape index (κ2) is 7.42. The molecule has 0 aromatic heterocycles. The van der Waals surface area contributed by atoms with Crippen LogP contribution in [0, 0.1) is 0 Å². The van der Waals surface area contributed by atoms with E-state index in [1.54, 1.807) is 0 Å². The number of aryl methyl sites for hydroxylation is 1. The average Bonchev–Trinajstić information content (AvgIpc) is 2.68. The van der Waals surface area contributed by atoms with Crippen molar-refractivity contribution in [2.45, 2.75) is 39.0 Å². The van der Waals surface area contributed by atoms with Crippen molar-refractivity contribution in [1.29, 1.82) is 0 Å². The molecule has 0 N–H and O–H groups in total. The van der Waals surface area contributed by atoms with E-state index in [4.69, 9.17) is 4.74 Å². The van der Waals surface area contributed by atoms with Crippen LogP contribution in [0.15, 0.2) is 24.3 Å². The van der Waals surface area contributed by atoms with Crippen molar-refractivity contribution in [3.05, 3.63) is 29.8 Å². The fraction of sp³-hybridized carbons (Fsp3) is 0.625. The van der Waals surface area contributed by atoms with Gasteiger partial charge >= 0.3 is 0 Å². The van der Waals surface area contributed by atoms with Gasteiger partial charge < -0.3 is 4.74 Å². The Morgan fingerprint density at radius 3 is 2.50 bits per heavy atom. The van der Waals surface area contributed by atoms with Crippen molar-refractivity contribution in [3.8, 4) is 5.75 Å². The molecule has 1 aliphatic heterocycles. The molecule has 2 nitrogen and oxygen atoms in total. The molecule has 1 saturated heterocycles. The molecule has 1 aliphatic rings. The molecule has 18 heavy (non-hydrogen) atoms. The topological polar surface area (TPSA) is 12.5 Å². The first-order valence-electron chi connectivity index (χ1n) is 7.33. The van der Waals surface area contributed by atoms with Crippen LogP contribution >= 0.6 is 0 Å². The fourth-order valence-electron chi connectivity index (χ4n) is 2.58. The molecule has 1 heterocycles. The number of nitrogens with zero attached hydrogens (tertiary/aromatic N) is 1. The first-order chi connectivity index (χ1) is 8.90. The van der Waals surface area contributed by atoms with E-state index in [2.05, 4.69) is 36.1 Å². The van der Waals surface area contributed by atoms with E-state index in [1.165, 1.54) is 44.3 Å². The van der Waals surface area contributed by atoms with Crippen LogP contribution in [0.1, 0.15) is 38.2 Å². The van der Waals surface area contributed by atoms with E-state index < -0.39 is 0 Å². The lowest BCUT2D eigenvalue weighted by Gasteiger charge is -2.20. The largest absolute Gasteiger partial charge is 0.492 e. The number of rotatable bonds is 5. The van der Waals surface area contributed by atoms with Gasteiger partial charge in [-0.25, -0.2) is 0 Å². The number of hydrogen-bond donors (Lipinski definition) is 0. The maximum absolute atomic E-state index is 5.93. The Balaban J connectivity index is 1.77. The second-order valence-electron chi connectivity index (χ2n) is 5.07. The lowest BCUT2D eigenvalue weighted by atomic mass is 10.1. The van der Waals surface area contributed by atoms with Gasteiger partial charge in [-0.05, 0) is 44.0 Å². The minimum Gasteiger partial charge on any atom is -0.492 e. The zero-order valence-electron chi connectivity index (χ0n) is 11.5. The average molecular weight is 247 g/mol. The Morgan fingerprint density at radius 2 is 1.78 bits per heavy atom. The second-order valence-corrected chi connectivity index (χ2v) is 5.07. The maximum atomic E-state index is 5.93. The van der Waals surface area contributed by atoms with Gasteiger partial charge in [0.25, 0.3) is 0 Å². The van der Waals surface area contributed by atoms with Gasteiger partial charge in [-0.15, -0.1) is 0 Å². The smallest absolute Gasteiger partial charge is 0.122 e. The Labute approximate surface area is 111 Å². The molecule has 1 fully saturated rings. The predicted octanol–water partition coefficient (Wildman–Crippen LogP) is 3.50. The third kappa shape index (κ3) is 4.02. The van der Waals surface area contributed by atoms with E-state index in [9.17, 15) is 0 Å². The van der Waals surface area contributed by atoms with Crippen molar-refractivity contribution >= 4 is 0 Å². The molecule has 1 aromatic rings. The molecule has 0 spiro atoms. The number of para-hydroxylation sites is 1. The molecular weight excluding hydrogens is 222 g/mol. The van der Waals surface area contributed by atoms with Crippen molar-refractivity contribution in [2.75, 3.05) is 26.2 Å². The number of likely N-dealkylation sites (tertiary alicyclic amines) is 1. The summed E-state index contributed by atoms with van der Waals surface area (Å²) in [5, 5.41) is 0. The summed E-state index contributed by atoms with van der Waals surface area (Å²) in [4.78, 5) is 2.54. The summed E-state index contributed by atoms with van der Waals surface area (Å²) in [5.74, 6) is 1.06. The van der Waals surface area contributed by atoms with E-state index in [-0.39, 0.29) is 0 Å². The maximum Gasteiger partial charge on any atom is 0.122 e. The van der Waals surface area contributed by atoms with Gasteiger partial charge in [0.05, 0.1) is 0 Å². The number of ether oxygens (including phenoxy) is 1. The van der Waals surface area contributed by atoms with E-state index >= 15 is 0 Å². The Bertz CT molecular complexity index is 343. The molecule has 2 rings (SSSR count). The molecule has 0 amide bonds.